The minimum absolute atomic E-state index is 0.125. The van der Waals surface area contributed by atoms with Crippen LogP contribution in [0.4, 0.5) is 5.69 Å². The van der Waals surface area contributed by atoms with Crippen molar-refractivity contribution in [2.45, 2.75) is 19.4 Å². The number of hydrogen-bond donors (Lipinski definition) is 1. The first kappa shape index (κ1) is 22.3. The average Bonchev–Trinajstić information content (AvgIpc) is 3.36. The van der Waals surface area contributed by atoms with E-state index in [1.165, 1.54) is 5.56 Å². The second-order valence-corrected chi connectivity index (χ2v) is 8.54. The normalized spacial score (nSPS) is 15.3. The third-order valence-electron chi connectivity index (χ3n) is 6.05. The summed E-state index contributed by atoms with van der Waals surface area (Å²) < 4.78 is 0. The van der Waals surface area contributed by atoms with E-state index >= 15 is 0 Å². The van der Waals surface area contributed by atoms with Gasteiger partial charge in [-0.3, -0.25) is 9.80 Å². The van der Waals surface area contributed by atoms with Gasteiger partial charge in [-0.2, -0.15) is 10.2 Å². The summed E-state index contributed by atoms with van der Waals surface area (Å²) in [5, 5.41) is 11.2. The lowest BCUT2D eigenvalue weighted by Crippen LogP contribution is -2.18. The summed E-state index contributed by atoms with van der Waals surface area (Å²) in [6.07, 6.45) is 2.48. The predicted molar refractivity (Wildman–Crippen MR) is 142 cm³/mol. The number of carbonyl (C=O) groups excluding carboxylic acids is 1. The van der Waals surface area contributed by atoms with Crippen molar-refractivity contribution in [2.24, 2.45) is 10.2 Å². The Balaban J connectivity index is 1.33. The summed E-state index contributed by atoms with van der Waals surface area (Å²) >= 11 is 0. The fourth-order valence-electron chi connectivity index (χ4n) is 4.14. The van der Waals surface area contributed by atoms with Crippen LogP contribution in [0.15, 0.2) is 119 Å². The van der Waals surface area contributed by atoms with Gasteiger partial charge in [0.15, 0.2) is 0 Å². The molecule has 0 fully saturated rings. The summed E-state index contributed by atoms with van der Waals surface area (Å²) in [5.74, 6) is -0.233. The van der Waals surface area contributed by atoms with Gasteiger partial charge in [0.1, 0.15) is 0 Å². The van der Waals surface area contributed by atoms with Gasteiger partial charge in [0.05, 0.1) is 23.7 Å². The van der Waals surface area contributed by atoms with Crippen molar-refractivity contribution in [3.8, 4) is 0 Å². The zero-order chi connectivity index (χ0) is 24.0. The largest absolute Gasteiger partial charge is 0.271 e. The first-order valence-corrected chi connectivity index (χ1v) is 11.6. The Morgan fingerprint density at radius 3 is 2.23 bits per heavy atom. The maximum atomic E-state index is 12.2. The number of aryl methyl sites for hydroxylation is 1. The molecule has 4 aromatic rings. The van der Waals surface area contributed by atoms with Gasteiger partial charge in [-0.15, -0.1) is 0 Å². The Hall–Kier alpha value is -4.51. The van der Waals surface area contributed by atoms with Gasteiger partial charge in [-0.05, 0) is 47.9 Å². The molecule has 5 heteroatoms. The van der Waals surface area contributed by atoms with Gasteiger partial charge in [-0.25, -0.2) is 5.43 Å². The number of benzene rings is 4. The minimum atomic E-state index is -0.233. The quantitative estimate of drug-likeness (QED) is 0.280. The molecule has 5 nitrogen and oxygen atoms in total. The predicted octanol–water partition coefficient (Wildman–Crippen LogP) is 6.11. The maximum Gasteiger partial charge on any atom is 0.271 e. The minimum Gasteiger partial charge on any atom is -0.267 e. The first-order chi connectivity index (χ1) is 17.2. The van der Waals surface area contributed by atoms with Crippen LogP contribution < -0.4 is 10.4 Å². The molecule has 1 amide bonds. The third-order valence-corrected chi connectivity index (χ3v) is 6.05. The standard InChI is InChI=1S/C30H26N4O/c1-22-12-16-26(17-13-22)30(35)32-31-21-23-14-18-27(19-15-23)34-29(25-10-6-3-7-11-25)20-28(33-34)24-8-4-2-5-9-24/h2-19,21,29H,20H2,1H3,(H,32,35)/b31-21-/t29-/m1/s1. The fourth-order valence-corrected chi connectivity index (χ4v) is 4.14. The summed E-state index contributed by atoms with van der Waals surface area (Å²) in [4.78, 5) is 12.2. The second-order valence-electron chi connectivity index (χ2n) is 8.54. The second kappa shape index (κ2) is 10.2. The van der Waals surface area contributed by atoms with Crippen LogP contribution in [0.1, 0.15) is 45.1 Å². The molecule has 172 valence electrons. The molecular weight excluding hydrogens is 432 g/mol. The Bertz CT molecular complexity index is 1350. The van der Waals surface area contributed by atoms with E-state index in [0.29, 0.717) is 5.56 Å². The van der Waals surface area contributed by atoms with E-state index in [9.17, 15) is 4.79 Å². The zero-order valence-electron chi connectivity index (χ0n) is 19.5. The van der Waals surface area contributed by atoms with Crippen LogP contribution >= 0.6 is 0 Å². The molecule has 1 heterocycles. The first-order valence-electron chi connectivity index (χ1n) is 11.6. The van der Waals surface area contributed by atoms with E-state index < -0.39 is 0 Å². The van der Waals surface area contributed by atoms with E-state index in [1.54, 1.807) is 18.3 Å². The van der Waals surface area contributed by atoms with Crippen molar-refractivity contribution in [3.05, 3.63) is 137 Å². The fraction of sp³-hybridized carbons (Fsp3) is 0.100. The van der Waals surface area contributed by atoms with E-state index in [2.05, 4.69) is 51.9 Å². The highest BCUT2D eigenvalue weighted by Gasteiger charge is 2.29. The SMILES string of the molecule is Cc1ccc(C(=O)N/N=C\c2ccc(N3N=C(c4ccccc4)C[C@@H]3c3ccccc3)cc2)cc1. The summed E-state index contributed by atoms with van der Waals surface area (Å²) in [7, 11) is 0. The maximum absolute atomic E-state index is 12.2. The Morgan fingerprint density at radius 1 is 0.886 bits per heavy atom. The van der Waals surface area contributed by atoms with Crippen molar-refractivity contribution in [1.29, 1.82) is 0 Å². The topological polar surface area (TPSA) is 57.1 Å². The lowest BCUT2D eigenvalue weighted by molar-refractivity contribution is 0.0955. The number of carbonyl (C=O) groups is 1. The Labute approximate surface area is 205 Å². The van der Waals surface area contributed by atoms with Crippen molar-refractivity contribution in [1.82, 2.24) is 5.43 Å². The number of amides is 1. The molecule has 0 saturated heterocycles. The molecule has 1 aliphatic heterocycles. The van der Waals surface area contributed by atoms with Crippen LogP contribution in [0.25, 0.3) is 0 Å². The van der Waals surface area contributed by atoms with E-state index in [4.69, 9.17) is 5.10 Å². The zero-order valence-corrected chi connectivity index (χ0v) is 19.5. The van der Waals surface area contributed by atoms with E-state index in [0.717, 1.165) is 34.5 Å². The van der Waals surface area contributed by atoms with Crippen molar-refractivity contribution >= 4 is 23.5 Å². The number of nitrogens with one attached hydrogen (secondary N) is 1. The van der Waals surface area contributed by atoms with E-state index in [1.807, 2.05) is 67.6 Å². The Kier molecular flexibility index (Phi) is 6.48. The van der Waals surface area contributed by atoms with Gasteiger partial charge in [-0.1, -0.05) is 90.5 Å². The number of rotatable bonds is 6. The van der Waals surface area contributed by atoms with Crippen LogP contribution in [0.3, 0.4) is 0 Å². The van der Waals surface area contributed by atoms with Gasteiger partial charge >= 0.3 is 0 Å². The number of hydrogen-bond acceptors (Lipinski definition) is 4. The molecule has 1 atom stereocenters. The highest BCUT2D eigenvalue weighted by molar-refractivity contribution is 6.03. The molecule has 1 N–H and O–H groups in total. The molecule has 0 unspecified atom stereocenters. The van der Waals surface area contributed by atoms with Crippen LogP contribution in [0, 0.1) is 6.92 Å². The highest BCUT2D eigenvalue weighted by Crippen LogP contribution is 2.36. The summed E-state index contributed by atoms with van der Waals surface area (Å²) in [6.45, 7) is 1.99. The molecule has 4 aromatic carbocycles. The summed E-state index contributed by atoms with van der Waals surface area (Å²) in [5.41, 5.74) is 9.62. The number of hydrazone groups is 2. The van der Waals surface area contributed by atoms with Crippen molar-refractivity contribution in [2.75, 3.05) is 5.01 Å². The molecular formula is C30H26N4O. The molecule has 1 aliphatic rings. The Morgan fingerprint density at radius 2 is 1.54 bits per heavy atom. The van der Waals surface area contributed by atoms with Gasteiger partial charge < -0.3 is 0 Å². The summed E-state index contributed by atoms with van der Waals surface area (Å²) in [6, 6.07) is 36.4. The van der Waals surface area contributed by atoms with Crippen LogP contribution in [-0.2, 0) is 0 Å². The van der Waals surface area contributed by atoms with Crippen molar-refractivity contribution in [3.63, 3.8) is 0 Å². The average molecular weight is 459 g/mol. The molecule has 0 aromatic heterocycles. The molecule has 0 aliphatic carbocycles. The molecule has 5 rings (SSSR count). The molecule has 0 spiro atoms. The highest BCUT2D eigenvalue weighted by atomic mass is 16.2. The number of anilines is 1. The number of nitrogens with zero attached hydrogens (tertiary/aromatic N) is 3. The van der Waals surface area contributed by atoms with E-state index in [-0.39, 0.29) is 11.9 Å². The third kappa shape index (κ3) is 5.20. The molecule has 0 saturated carbocycles. The van der Waals surface area contributed by atoms with Crippen LogP contribution in [0.5, 0.6) is 0 Å². The van der Waals surface area contributed by atoms with Gasteiger partial charge in [0.25, 0.3) is 5.91 Å². The van der Waals surface area contributed by atoms with Gasteiger partial charge in [0.2, 0.25) is 0 Å². The van der Waals surface area contributed by atoms with Gasteiger partial charge in [0, 0.05) is 12.0 Å². The lowest BCUT2D eigenvalue weighted by atomic mass is 9.98. The molecule has 35 heavy (non-hydrogen) atoms. The van der Waals surface area contributed by atoms with Crippen molar-refractivity contribution < 1.29 is 4.79 Å². The molecule has 0 radical (unpaired) electrons. The smallest absolute Gasteiger partial charge is 0.267 e. The monoisotopic (exact) mass is 458 g/mol. The lowest BCUT2D eigenvalue weighted by Gasteiger charge is -2.24. The van der Waals surface area contributed by atoms with Crippen LogP contribution in [0.2, 0.25) is 0 Å². The molecule has 0 bridgehead atoms. The van der Waals surface area contributed by atoms with Crippen LogP contribution in [-0.4, -0.2) is 17.8 Å².